The fourth-order valence-corrected chi connectivity index (χ4v) is 2.70. The van der Waals surface area contributed by atoms with E-state index in [1.807, 2.05) is 12.1 Å². The van der Waals surface area contributed by atoms with Gasteiger partial charge in [-0.05, 0) is 29.3 Å². The Hall–Kier alpha value is -2.28. The topological polar surface area (TPSA) is 89.2 Å². The number of carbonyl (C=O) groups excluding carboxylic acids is 1. The Balaban J connectivity index is 1.94. The Morgan fingerprint density at radius 1 is 1.36 bits per heavy atom. The van der Waals surface area contributed by atoms with Crippen molar-refractivity contribution in [1.82, 2.24) is 9.80 Å². The third-order valence-electron chi connectivity index (χ3n) is 3.69. The molecule has 1 aromatic carbocycles. The minimum Gasteiger partial charge on any atom is -0.294 e. The Morgan fingerprint density at radius 2 is 2.09 bits per heavy atom. The molecule has 1 N–H and O–H groups in total. The lowest BCUT2D eigenvalue weighted by Gasteiger charge is -2.41. The number of halogens is 1. The summed E-state index contributed by atoms with van der Waals surface area (Å²) in [6, 6.07) is 5.88. The molecule has 2 aliphatic heterocycles. The average Bonchev–Trinajstić information content (AvgIpc) is 2.54. The van der Waals surface area contributed by atoms with Crippen molar-refractivity contribution in [1.29, 1.82) is 5.41 Å². The molecule has 7 nitrogen and oxygen atoms in total. The van der Waals surface area contributed by atoms with Crippen molar-refractivity contribution < 1.29 is 4.79 Å². The van der Waals surface area contributed by atoms with Crippen LogP contribution in [-0.2, 0) is 11.3 Å². The highest BCUT2D eigenvalue weighted by Crippen LogP contribution is 2.21. The monoisotopic (exact) mass is 319 g/mol. The van der Waals surface area contributed by atoms with E-state index < -0.39 is 11.9 Å². The van der Waals surface area contributed by atoms with Gasteiger partial charge in [0.1, 0.15) is 5.84 Å². The van der Waals surface area contributed by atoms with Gasteiger partial charge >= 0.3 is 0 Å². The van der Waals surface area contributed by atoms with Crippen LogP contribution in [0.4, 0.5) is 0 Å². The zero-order valence-corrected chi connectivity index (χ0v) is 12.5. The molecular weight excluding hydrogens is 306 g/mol. The molecule has 1 fully saturated rings. The lowest BCUT2D eigenvalue weighted by Crippen LogP contribution is -2.62. The Bertz CT molecular complexity index is 658. The number of hydrogen-bond donors (Lipinski definition) is 1. The molecule has 2 heterocycles. The summed E-state index contributed by atoms with van der Waals surface area (Å²) in [5.74, 6) is -0.172. The van der Waals surface area contributed by atoms with Crippen LogP contribution >= 0.6 is 11.6 Å². The molecule has 114 valence electrons. The van der Waals surface area contributed by atoms with Crippen LogP contribution in [0.2, 0.25) is 5.02 Å². The van der Waals surface area contributed by atoms with E-state index in [1.165, 1.54) is 4.90 Å². The van der Waals surface area contributed by atoms with E-state index in [4.69, 9.17) is 17.0 Å². The summed E-state index contributed by atoms with van der Waals surface area (Å²) < 4.78 is 0. The molecule has 2 aliphatic rings. The van der Waals surface area contributed by atoms with Crippen LogP contribution in [0.3, 0.4) is 0 Å². The van der Waals surface area contributed by atoms with Gasteiger partial charge in [-0.15, -0.1) is 4.91 Å². The van der Waals surface area contributed by atoms with Crippen molar-refractivity contribution in [3.63, 3.8) is 0 Å². The molecule has 1 amide bonds. The Morgan fingerprint density at radius 3 is 2.77 bits per heavy atom. The molecular formula is C14H14ClN5O2. The number of nitroso groups, excluding NO2 is 1. The van der Waals surface area contributed by atoms with Gasteiger partial charge in [0, 0.05) is 18.1 Å². The number of nitrogens with one attached hydrogen (secondary N) is 1. The van der Waals surface area contributed by atoms with E-state index in [1.54, 1.807) is 17.0 Å². The van der Waals surface area contributed by atoms with Gasteiger partial charge in [0.25, 0.3) is 5.91 Å². The minimum atomic E-state index is -1.30. The molecule has 22 heavy (non-hydrogen) atoms. The highest BCUT2D eigenvalue weighted by Gasteiger charge is 2.43. The third-order valence-corrected chi connectivity index (χ3v) is 3.94. The van der Waals surface area contributed by atoms with Crippen molar-refractivity contribution in [2.45, 2.75) is 19.0 Å². The van der Waals surface area contributed by atoms with E-state index in [0.29, 0.717) is 30.6 Å². The second-order valence-corrected chi connectivity index (χ2v) is 5.57. The summed E-state index contributed by atoms with van der Waals surface area (Å²) in [7, 11) is 0. The smallest absolute Gasteiger partial charge is 0.265 e. The summed E-state index contributed by atoms with van der Waals surface area (Å²) in [4.78, 5) is 30.6. The first-order valence-electron chi connectivity index (χ1n) is 6.90. The van der Waals surface area contributed by atoms with Crippen molar-refractivity contribution in [2.24, 2.45) is 10.2 Å². The van der Waals surface area contributed by atoms with E-state index in [-0.39, 0.29) is 5.84 Å². The fraction of sp³-hybridized carbons (Fsp3) is 0.357. The Labute approximate surface area is 132 Å². The molecule has 8 heteroatoms. The number of hydrogen-bond acceptors (Lipinski definition) is 5. The molecule has 0 radical (unpaired) electrons. The molecule has 0 saturated carbocycles. The predicted molar refractivity (Wildman–Crippen MR) is 82.9 cm³/mol. The number of guanidine groups is 1. The first kappa shape index (κ1) is 14.6. The summed E-state index contributed by atoms with van der Waals surface area (Å²) in [5.41, 5.74) is 0.904. The lowest BCUT2D eigenvalue weighted by molar-refractivity contribution is -0.128. The van der Waals surface area contributed by atoms with E-state index in [2.05, 4.69) is 10.2 Å². The number of carbonyl (C=O) groups is 1. The van der Waals surface area contributed by atoms with Crippen LogP contribution < -0.4 is 0 Å². The Kier molecular flexibility index (Phi) is 3.89. The normalized spacial score (nSPS) is 21.5. The minimum absolute atomic E-state index is 0.133. The van der Waals surface area contributed by atoms with Crippen LogP contribution in [0.15, 0.2) is 34.4 Å². The van der Waals surface area contributed by atoms with Crippen LogP contribution in [0.1, 0.15) is 12.0 Å². The van der Waals surface area contributed by atoms with Gasteiger partial charge in [-0.3, -0.25) is 25.0 Å². The molecule has 0 aliphatic carbocycles. The van der Waals surface area contributed by atoms with E-state index in [0.717, 1.165) is 12.0 Å². The van der Waals surface area contributed by atoms with Gasteiger partial charge < -0.3 is 0 Å². The summed E-state index contributed by atoms with van der Waals surface area (Å²) in [5, 5.41) is 11.6. The standard InChI is InChI=1S/C14H14ClN5O2/c15-10-4-2-9(3-5-10)8-20-12(16)11(18-22)13(21)19-7-1-6-17-14(19)20/h2-5,11,16H,1,6-8H2. The number of benzene rings is 1. The number of rotatable bonds is 3. The summed E-state index contributed by atoms with van der Waals surface area (Å²) in [6.45, 7) is 1.43. The first-order chi connectivity index (χ1) is 10.6. The number of amidine groups is 1. The highest BCUT2D eigenvalue weighted by atomic mass is 35.5. The first-order valence-corrected chi connectivity index (χ1v) is 7.28. The van der Waals surface area contributed by atoms with Gasteiger partial charge in [-0.2, -0.15) is 0 Å². The second-order valence-electron chi connectivity index (χ2n) is 5.13. The summed E-state index contributed by atoms with van der Waals surface area (Å²) >= 11 is 5.87. The largest absolute Gasteiger partial charge is 0.294 e. The van der Waals surface area contributed by atoms with Gasteiger partial charge in [0.15, 0.2) is 0 Å². The maximum atomic E-state index is 12.2. The second kappa shape index (κ2) is 5.84. The third kappa shape index (κ3) is 2.48. The number of fused-ring (bicyclic) bond motifs is 1. The average molecular weight is 320 g/mol. The SMILES string of the molecule is N=C1C(N=O)C(=O)N2CCCN=C2N1Cc1ccc(Cl)cc1. The maximum Gasteiger partial charge on any atom is 0.265 e. The van der Waals surface area contributed by atoms with Crippen LogP contribution in [0.5, 0.6) is 0 Å². The van der Waals surface area contributed by atoms with Crippen LogP contribution in [0.25, 0.3) is 0 Å². The highest BCUT2D eigenvalue weighted by molar-refractivity contribution is 6.30. The fourth-order valence-electron chi connectivity index (χ4n) is 2.58. The molecule has 0 spiro atoms. The quantitative estimate of drug-likeness (QED) is 0.862. The molecule has 3 rings (SSSR count). The molecule has 1 atom stereocenters. The van der Waals surface area contributed by atoms with Gasteiger partial charge in [0.2, 0.25) is 12.0 Å². The van der Waals surface area contributed by atoms with Gasteiger partial charge in [-0.1, -0.05) is 23.7 Å². The molecule has 1 saturated heterocycles. The molecule has 0 bridgehead atoms. The number of aliphatic imine (C=N–C) groups is 1. The van der Waals surface area contributed by atoms with E-state index >= 15 is 0 Å². The molecule has 0 aromatic heterocycles. The number of nitrogens with zero attached hydrogens (tertiary/aromatic N) is 4. The zero-order chi connectivity index (χ0) is 15.7. The van der Waals surface area contributed by atoms with Gasteiger partial charge in [0.05, 0.1) is 6.54 Å². The van der Waals surface area contributed by atoms with Crippen LogP contribution in [0, 0.1) is 10.3 Å². The molecule has 1 unspecified atom stereocenters. The van der Waals surface area contributed by atoms with Crippen molar-refractivity contribution in [3.8, 4) is 0 Å². The predicted octanol–water partition coefficient (Wildman–Crippen LogP) is 1.86. The molecule has 1 aromatic rings. The van der Waals surface area contributed by atoms with Gasteiger partial charge in [-0.25, -0.2) is 0 Å². The maximum absolute atomic E-state index is 12.2. The van der Waals surface area contributed by atoms with Crippen LogP contribution in [-0.4, -0.2) is 46.6 Å². The summed E-state index contributed by atoms with van der Waals surface area (Å²) in [6.07, 6.45) is 0.739. The van der Waals surface area contributed by atoms with Crippen molar-refractivity contribution >= 4 is 29.3 Å². The lowest BCUT2D eigenvalue weighted by atomic mass is 10.1. The van der Waals surface area contributed by atoms with Crippen molar-refractivity contribution in [3.05, 3.63) is 39.8 Å². The van der Waals surface area contributed by atoms with E-state index in [9.17, 15) is 9.70 Å². The number of amides is 1. The zero-order valence-electron chi connectivity index (χ0n) is 11.7. The van der Waals surface area contributed by atoms with Crippen molar-refractivity contribution in [2.75, 3.05) is 13.1 Å².